The molecule has 0 bridgehead atoms. The number of hydrogen-bond donors (Lipinski definition) is 4. The van der Waals surface area contributed by atoms with Crippen molar-refractivity contribution in [3.8, 4) is 0 Å². The Hall–Kier alpha value is -1.86. The third-order valence-corrected chi connectivity index (χ3v) is 2.92. The van der Waals surface area contributed by atoms with Crippen LogP contribution in [0.4, 0.5) is 0 Å². The predicted molar refractivity (Wildman–Crippen MR) is 57.7 cm³/mol. The molecule has 0 aromatic carbocycles. The normalized spacial score (nSPS) is 10.5. The standard InChI is InChI=1S/C8H9N5OS/c9-7-4(8(10)14)3-6-5(1-2-15-6)13(7)12-11/h1-3,9,12H,11H2,(H2,10,14). The molecule has 2 heterocycles. The Balaban J connectivity index is 2.91. The van der Waals surface area contributed by atoms with Crippen LogP contribution in [0.2, 0.25) is 0 Å². The first kappa shape index (κ1) is 9.69. The Morgan fingerprint density at radius 1 is 1.60 bits per heavy atom. The Bertz CT molecular complexity index is 584. The number of nitrogen functional groups attached to an aromatic ring is 1. The molecule has 15 heavy (non-hydrogen) atoms. The highest BCUT2D eigenvalue weighted by Crippen LogP contribution is 2.18. The van der Waals surface area contributed by atoms with E-state index in [9.17, 15) is 4.79 Å². The van der Waals surface area contributed by atoms with E-state index in [1.165, 1.54) is 16.0 Å². The molecule has 0 radical (unpaired) electrons. The van der Waals surface area contributed by atoms with Crippen LogP contribution < -0.4 is 22.6 Å². The van der Waals surface area contributed by atoms with Gasteiger partial charge in [0, 0.05) is 0 Å². The number of thiophene rings is 1. The fraction of sp³-hybridized carbons (Fsp3) is 0. The topological polar surface area (TPSA) is 110 Å². The summed E-state index contributed by atoms with van der Waals surface area (Å²) >= 11 is 1.45. The van der Waals surface area contributed by atoms with E-state index in [0.29, 0.717) is 0 Å². The van der Waals surface area contributed by atoms with E-state index in [4.69, 9.17) is 17.0 Å². The number of primary amides is 1. The number of nitrogens with one attached hydrogen (secondary N) is 2. The van der Waals surface area contributed by atoms with Gasteiger partial charge in [0.1, 0.15) is 0 Å². The van der Waals surface area contributed by atoms with Crippen molar-refractivity contribution in [1.29, 1.82) is 5.41 Å². The molecule has 6 nitrogen and oxygen atoms in total. The number of fused-ring (bicyclic) bond motifs is 1. The van der Waals surface area contributed by atoms with Crippen LogP contribution in [-0.2, 0) is 0 Å². The quantitative estimate of drug-likeness (QED) is 0.414. The molecule has 0 fully saturated rings. The van der Waals surface area contributed by atoms with Crippen molar-refractivity contribution in [2.75, 3.05) is 5.53 Å². The van der Waals surface area contributed by atoms with E-state index in [1.54, 1.807) is 6.07 Å². The number of pyridine rings is 1. The number of aromatic nitrogens is 1. The van der Waals surface area contributed by atoms with Crippen LogP contribution in [0.1, 0.15) is 10.4 Å². The highest BCUT2D eigenvalue weighted by Gasteiger charge is 2.10. The maximum atomic E-state index is 11.1. The molecule has 0 saturated carbocycles. The van der Waals surface area contributed by atoms with E-state index in [1.807, 2.05) is 11.4 Å². The zero-order valence-corrected chi connectivity index (χ0v) is 8.47. The zero-order chi connectivity index (χ0) is 11.0. The lowest BCUT2D eigenvalue weighted by Gasteiger charge is -2.09. The third-order valence-electron chi connectivity index (χ3n) is 2.06. The third kappa shape index (κ3) is 1.37. The molecule has 2 aromatic rings. The van der Waals surface area contributed by atoms with Crippen molar-refractivity contribution in [3.63, 3.8) is 0 Å². The van der Waals surface area contributed by atoms with Crippen LogP contribution in [0, 0.1) is 5.41 Å². The molecule has 0 spiro atoms. The molecule has 0 aliphatic heterocycles. The maximum Gasteiger partial charge on any atom is 0.252 e. The second-order valence-corrected chi connectivity index (χ2v) is 3.85. The molecule has 6 N–H and O–H groups in total. The number of nitrogens with zero attached hydrogens (tertiary/aromatic N) is 1. The highest BCUT2D eigenvalue weighted by atomic mass is 32.1. The summed E-state index contributed by atoms with van der Waals surface area (Å²) in [5.74, 6) is 4.65. The van der Waals surface area contributed by atoms with Crippen LogP contribution in [0.3, 0.4) is 0 Å². The first-order valence-electron chi connectivity index (χ1n) is 4.09. The van der Waals surface area contributed by atoms with Gasteiger partial charge in [-0.25, -0.2) is 10.5 Å². The Morgan fingerprint density at radius 2 is 2.33 bits per heavy atom. The number of carbonyl (C=O) groups excluding carboxylic acids is 1. The molecule has 0 atom stereocenters. The molecule has 0 aliphatic rings. The van der Waals surface area contributed by atoms with Crippen molar-refractivity contribution >= 4 is 27.5 Å². The van der Waals surface area contributed by atoms with E-state index < -0.39 is 5.91 Å². The van der Waals surface area contributed by atoms with Gasteiger partial charge in [0.05, 0.1) is 15.8 Å². The van der Waals surface area contributed by atoms with Crippen LogP contribution in [0.15, 0.2) is 17.5 Å². The van der Waals surface area contributed by atoms with Crippen LogP contribution >= 0.6 is 11.3 Å². The minimum absolute atomic E-state index is 0.0455. The van der Waals surface area contributed by atoms with Gasteiger partial charge in [-0.2, -0.15) is 0 Å². The van der Waals surface area contributed by atoms with E-state index in [2.05, 4.69) is 5.53 Å². The van der Waals surface area contributed by atoms with E-state index >= 15 is 0 Å². The maximum absolute atomic E-state index is 11.1. The number of rotatable bonds is 2. The summed E-state index contributed by atoms with van der Waals surface area (Å²) in [6.45, 7) is 0. The fourth-order valence-electron chi connectivity index (χ4n) is 1.37. The first-order valence-corrected chi connectivity index (χ1v) is 4.97. The molecule has 0 unspecified atom stereocenters. The monoisotopic (exact) mass is 223 g/mol. The number of hydrazine groups is 1. The summed E-state index contributed by atoms with van der Waals surface area (Å²) in [5, 5.41) is 9.57. The van der Waals surface area contributed by atoms with Gasteiger partial charge in [0.2, 0.25) is 0 Å². The average molecular weight is 223 g/mol. The second kappa shape index (κ2) is 3.37. The van der Waals surface area contributed by atoms with Gasteiger partial charge in [0.25, 0.3) is 5.91 Å². The summed E-state index contributed by atoms with van der Waals surface area (Å²) in [6, 6.07) is 3.40. The van der Waals surface area contributed by atoms with Crippen LogP contribution in [0.25, 0.3) is 10.2 Å². The number of carbonyl (C=O) groups is 1. The van der Waals surface area contributed by atoms with Crippen LogP contribution in [0.5, 0.6) is 0 Å². The van der Waals surface area contributed by atoms with Crippen molar-refractivity contribution < 1.29 is 4.79 Å². The Labute approximate surface area is 88.6 Å². The summed E-state index contributed by atoms with van der Waals surface area (Å²) in [4.78, 5) is 11.1. The average Bonchev–Trinajstić information content (AvgIpc) is 2.64. The summed E-state index contributed by atoms with van der Waals surface area (Å²) in [5.41, 5.74) is 8.35. The minimum Gasteiger partial charge on any atom is -0.365 e. The molecule has 2 aromatic heterocycles. The SMILES string of the molecule is N=c1c(C(N)=O)cc2sccc2n1NN. The predicted octanol–water partition coefficient (Wildman–Crippen LogP) is -0.302. The molecular weight excluding hydrogens is 214 g/mol. The van der Waals surface area contributed by atoms with Crippen molar-refractivity contribution in [1.82, 2.24) is 4.68 Å². The molecule has 7 heteroatoms. The molecule has 78 valence electrons. The van der Waals surface area contributed by atoms with Gasteiger partial charge in [0.15, 0.2) is 5.49 Å². The van der Waals surface area contributed by atoms with Gasteiger partial charge in [-0.3, -0.25) is 15.7 Å². The number of amides is 1. The van der Waals surface area contributed by atoms with Gasteiger partial charge >= 0.3 is 0 Å². The van der Waals surface area contributed by atoms with Crippen LogP contribution in [-0.4, -0.2) is 10.6 Å². The number of nitrogens with two attached hydrogens (primary N) is 2. The van der Waals surface area contributed by atoms with E-state index in [-0.39, 0.29) is 11.1 Å². The summed E-state index contributed by atoms with van der Waals surface area (Å²) in [7, 11) is 0. The smallest absolute Gasteiger partial charge is 0.252 e. The lowest BCUT2D eigenvalue weighted by Crippen LogP contribution is -2.37. The Morgan fingerprint density at radius 3 is 2.93 bits per heavy atom. The Kier molecular flexibility index (Phi) is 2.18. The van der Waals surface area contributed by atoms with Gasteiger partial charge in [-0.05, 0) is 17.5 Å². The first-order chi connectivity index (χ1) is 7.15. The summed E-state index contributed by atoms with van der Waals surface area (Å²) in [6.07, 6.45) is 0. The molecular formula is C8H9N5OS. The molecule has 0 aliphatic carbocycles. The van der Waals surface area contributed by atoms with Crippen molar-refractivity contribution in [2.45, 2.75) is 0 Å². The largest absolute Gasteiger partial charge is 0.365 e. The second-order valence-electron chi connectivity index (χ2n) is 2.91. The fourth-order valence-corrected chi connectivity index (χ4v) is 2.18. The molecule has 2 rings (SSSR count). The minimum atomic E-state index is -0.640. The summed E-state index contributed by atoms with van der Waals surface area (Å²) < 4.78 is 2.16. The van der Waals surface area contributed by atoms with Crippen molar-refractivity contribution in [3.05, 3.63) is 28.6 Å². The van der Waals surface area contributed by atoms with Gasteiger partial charge in [-0.15, -0.1) is 11.3 Å². The van der Waals surface area contributed by atoms with E-state index in [0.717, 1.165) is 10.2 Å². The molecule has 1 amide bonds. The van der Waals surface area contributed by atoms with Gasteiger partial charge in [-0.1, -0.05) is 0 Å². The molecule has 0 saturated heterocycles. The van der Waals surface area contributed by atoms with Gasteiger partial charge < -0.3 is 5.73 Å². The lowest BCUT2D eigenvalue weighted by atomic mass is 10.2. The lowest BCUT2D eigenvalue weighted by molar-refractivity contribution is 0.0998. The van der Waals surface area contributed by atoms with Crippen molar-refractivity contribution in [2.24, 2.45) is 11.6 Å². The number of hydrogen-bond acceptors (Lipinski definition) is 5. The highest BCUT2D eigenvalue weighted by molar-refractivity contribution is 7.17. The zero-order valence-electron chi connectivity index (χ0n) is 7.65.